The number of nitrogens with two attached hydrogens (primary N) is 1. The third-order valence-electron chi connectivity index (χ3n) is 3.62. The van der Waals surface area contributed by atoms with Gasteiger partial charge in [0.15, 0.2) is 0 Å². The molecule has 3 N–H and O–H groups in total. The summed E-state index contributed by atoms with van der Waals surface area (Å²) in [5.74, 6) is 7.12. The molecule has 0 radical (unpaired) electrons. The average Bonchev–Trinajstić information content (AvgIpc) is 2.93. The Balaban J connectivity index is 2.09. The van der Waals surface area contributed by atoms with Gasteiger partial charge >= 0.3 is 0 Å². The second-order valence-electron chi connectivity index (χ2n) is 5.11. The zero-order chi connectivity index (χ0) is 14.4. The van der Waals surface area contributed by atoms with E-state index >= 15 is 0 Å². The van der Waals surface area contributed by atoms with Crippen LogP contribution in [0.1, 0.15) is 17.5 Å². The van der Waals surface area contributed by atoms with Crippen LogP contribution < -0.4 is 10.5 Å². The number of nitrogens with zero attached hydrogens (tertiary/aromatic N) is 1. The van der Waals surface area contributed by atoms with Crippen molar-refractivity contribution in [2.75, 3.05) is 33.4 Å². The van der Waals surface area contributed by atoms with Crippen LogP contribution in [0.4, 0.5) is 0 Å². The quantitative estimate of drug-likeness (QED) is 0.798. The van der Waals surface area contributed by atoms with Gasteiger partial charge in [-0.05, 0) is 36.6 Å². The van der Waals surface area contributed by atoms with Gasteiger partial charge in [-0.3, -0.25) is 4.90 Å². The monoisotopic (exact) mass is 274 g/mol. The fourth-order valence-electron chi connectivity index (χ4n) is 2.56. The van der Waals surface area contributed by atoms with Crippen molar-refractivity contribution >= 4 is 0 Å². The maximum atomic E-state index is 9.19. The Bertz CT molecular complexity index is 505. The summed E-state index contributed by atoms with van der Waals surface area (Å²) >= 11 is 0. The largest absolute Gasteiger partial charge is 0.495 e. The Kier molecular flexibility index (Phi) is 5.42. The Morgan fingerprint density at radius 2 is 2.35 bits per heavy atom. The molecular formula is C16H22N2O2. The molecule has 1 aliphatic heterocycles. The van der Waals surface area contributed by atoms with Gasteiger partial charge in [-0.15, -0.1) is 0 Å². The lowest BCUT2D eigenvalue weighted by Crippen LogP contribution is -2.21. The number of rotatable bonds is 4. The van der Waals surface area contributed by atoms with Gasteiger partial charge in [-0.1, -0.05) is 17.9 Å². The molecule has 0 spiro atoms. The molecule has 0 aromatic heterocycles. The lowest BCUT2D eigenvalue weighted by molar-refractivity contribution is 0.220. The van der Waals surface area contributed by atoms with Crippen molar-refractivity contribution in [1.82, 2.24) is 4.90 Å². The van der Waals surface area contributed by atoms with Crippen LogP contribution >= 0.6 is 0 Å². The van der Waals surface area contributed by atoms with E-state index in [0.29, 0.717) is 12.5 Å². The molecule has 2 rings (SSSR count). The normalized spacial score (nSPS) is 18.6. The Labute approximate surface area is 120 Å². The van der Waals surface area contributed by atoms with E-state index in [4.69, 9.17) is 10.5 Å². The van der Waals surface area contributed by atoms with Crippen LogP contribution in [0.3, 0.4) is 0 Å². The lowest BCUT2D eigenvalue weighted by Gasteiger charge is -2.16. The predicted octanol–water partition coefficient (Wildman–Crippen LogP) is 0.820. The van der Waals surface area contributed by atoms with Crippen LogP contribution in [-0.2, 0) is 6.54 Å². The van der Waals surface area contributed by atoms with Crippen molar-refractivity contribution in [3.63, 3.8) is 0 Å². The molecule has 0 saturated carbocycles. The van der Waals surface area contributed by atoms with Crippen LogP contribution in [0, 0.1) is 17.8 Å². The highest BCUT2D eigenvalue weighted by Gasteiger charge is 2.21. The predicted molar refractivity (Wildman–Crippen MR) is 79.4 cm³/mol. The highest BCUT2D eigenvalue weighted by molar-refractivity contribution is 5.48. The smallest absolute Gasteiger partial charge is 0.134 e. The minimum absolute atomic E-state index is 0.284. The van der Waals surface area contributed by atoms with Gasteiger partial charge in [0.2, 0.25) is 0 Å². The number of hydrogen-bond acceptors (Lipinski definition) is 4. The summed E-state index contributed by atoms with van der Waals surface area (Å²) < 4.78 is 5.31. The molecular weight excluding hydrogens is 252 g/mol. The third-order valence-corrected chi connectivity index (χ3v) is 3.62. The number of aliphatic hydroxyl groups excluding tert-OH is 1. The summed E-state index contributed by atoms with van der Waals surface area (Å²) in [5, 5.41) is 9.19. The molecule has 1 unspecified atom stereocenters. The Hall–Kier alpha value is -1.54. The second kappa shape index (κ2) is 7.30. The first-order chi connectivity index (χ1) is 9.76. The first kappa shape index (κ1) is 14.9. The zero-order valence-electron chi connectivity index (χ0n) is 11.9. The SMILES string of the molecule is COc1ccc(CN2CCC(CO)C2)cc1C#CCN. The zero-order valence-corrected chi connectivity index (χ0v) is 11.9. The van der Waals surface area contributed by atoms with Crippen molar-refractivity contribution in [2.45, 2.75) is 13.0 Å². The average molecular weight is 274 g/mol. The molecule has 1 aliphatic rings. The van der Waals surface area contributed by atoms with E-state index in [-0.39, 0.29) is 6.61 Å². The number of ether oxygens (including phenoxy) is 1. The van der Waals surface area contributed by atoms with E-state index in [1.807, 2.05) is 6.07 Å². The Morgan fingerprint density at radius 1 is 1.50 bits per heavy atom. The Morgan fingerprint density at radius 3 is 3.00 bits per heavy atom. The van der Waals surface area contributed by atoms with Gasteiger partial charge in [0.1, 0.15) is 5.75 Å². The molecule has 1 atom stereocenters. The van der Waals surface area contributed by atoms with Crippen molar-refractivity contribution in [2.24, 2.45) is 11.7 Å². The maximum absolute atomic E-state index is 9.19. The molecule has 1 heterocycles. The fraction of sp³-hybridized carbons (Fsp3) is 0.500. The third kappa shape index (κ3) is 3.73. The van der Waals surface area contributed by atoms with Crippen molar-refractivity contribution in [3.8, 4) is 17.6 Å². The van der Waals surface area contributed by atoms with Crippen LogP contribution in [-0.4, -0.2) is 43.4 Å². The molecule has 0 aliphatic carbocycles. The number of methoxy groups -OCH3 is 1. The van der Waals surface area contributed by atoms with E-state index in [0.717, 1.165) is 37.4 Å². The van der Waals surface area contributed by atoms with E-state index in [1.165, 1.54) is 5.56 Å². The topological polar surface area (TPSA) is 58.7 Å². The number of hydrogen-bond donors (Lipinski definition) is 2. The van der Waals surface area contributed by atoms with Gasteiger partial charge in [0, 0.05) is 19.7 Å². The standard InChI is InChI=1S/C16H22N2O2/c1-20-16-5-4-13(9-15(16)3-2-7-17)10-18-8-6-14(11-18)12-19/h4-5,9,14,19H,6-8,10-12,17H2,1H3. The highest BCUT2D eigenvalue weighted by atomic mass is 16.5. The first-order valence-electron chi connectivity index (χ1n) is 6.96. The van der Waals surface area contributed by atoms with Crippen LogP contribution in [0.25, 0.3) is 0 Å². The van der Waals surface area contributed by atoms with E-state index in [2.05, 4.69) is 28.9 Å². The summed E-state index contributed by atoms with van der Waals surface area (Å²) in [6.07, 6.45) is 1.08. The number of benzene rings is 1. The summed E-state index contributed by atoms with van der Waals surface area (Å²) in [6.45, 7) is 3.52. The molecule has 1 saturated heterocycles. The van der Waals surface area contributed by atoms with Gasteiger partial charge in [-0.2, -0.15) is 0 Å². The molecule has 1 aromatic rings. The highest BCUT2D eigenvalue weighted by Crippen LogP contribution is 2.22. The first-order valence-corrected chi connectivity index (χ1v) is 6.96. The van der Waals surface area contributed by atoms with E-state index < -0.39 is 0 Å². The van der Waals surface area contributed by atoms with Crippen molar-refractivity contribution in [3.05, 3.63) is 29.3 Å². The molecule has 1 fully saturated rings. The number of aliphatic hydroxyl groups is 1. The minimum Gasteiger partial charge on any atom is -0.495 e. The molecule has 4 nitrogen and oxygen atoms in total. The summed E-state index contributed by atoms with van der Waals surface area (Å²) in [7, 11) is 1.65. The minimum atomic E-state index is 0.284. The summed E-state index contributed by atoms with van der Waals surface area (Å²) in [4.78, 5) is 2.36. The molecule has 1 aromatic carbocycles. The van der Waals surface area contributed by atoms with Crippen molar-refractivity contribution < 1.29 is 9.84 Å². The molecule has 0 bridgehead atoms. The molecule has 0 amide bonds. The lowest BCUT2D eigenvalue weighted by atomic mass is 10.1. The van der Waals surface area contributed by atoms with Gasteiger partial charge in [-0.25, -0.2) is 0 Å². The summed E-state index contributed by atoms with van der Waals surface area (Å²) in [5.41, 5.74) is 7.52. The van der Waals surface area contributed by atoms with E-state index in [9.17, 15) is 5.11 Å². The molecule has 108 valence electrons. The van der Waals surface area contributed by atoms with E-state index in [1.54, 1.807) is 7.11 Å². The van der Waals surface area contributed by atoms with Crippen LogP contribution in [0.5, 0.6) is 5.75 Å². The van der Waals surface area contributed by atoms with Crippen molar-refractivity contribution in [1.29, 1.82) is 0 Å². The van der Waals surface area contributed by atoms with Crippen LogP contribution in [0.2, 0.25) is 0 Å². The maximum Gasteiger partial charge on any atom is 0.134 e. The fourth-order valence-corrected chi connectivity index (χ4v) is 2.56. The summed E-state index contributed by atoms with van der Waals surface area (Å²) in [6, 6.07) is 6.09. The molecule has 4 heteroatoms. The van der Waals surface area contributed by atoms with Gasteiger partial charge in [0.25, 0.3) is 0 Å². The number of likely N-dealkylation sites (tertiary alicyclic amines) is 1. The molecule has 20 heavy (non-hydrogen) atoms. The van der Waals surface area contributed by atoms with Gasteiger partial charge in [0.05, 0.1) is 19.2 Å². The second-order valence-corrected chi connectivity index (χ2v) is 5.11. The van der Waals surface area contributed by atoms with Crippen LogP contribution in [0.15, 0.2) is 18.2 Å². The van der Waals surface area contributed by atoms with Gasteiger partial charge < -0.3 is 15.6 Å².